The van der Waals surface area contributed by atoms with Crippen LogP contribution in [0.5, 0.6) is 5.75 Å². The summed E-state index contributed by atoms with van der Waals surface area (Å²) < 4.78 is 51.8. The third-order valence-electron chi connectivity index (χ3n) is 7.06. The fourth-order valence-corrected chi connectivity index (χ4v) is 5.44. The van der Waals surface area contributed by atoms with E-state index in [1.165, 1.54) is 33.4 Å². The Morgan fingerprint density at radius 2 is 1.35 bits per heavy atom. The normalized spacial score (nSPS) is 16.6. The molecule has 0 unspecified atom stereocenters. The molecule has 0 saturated heterocycles. The van der Waals surface area contributed by atoms with Crippen LogP contribution in [0.3, 0.4) is 0 Å². The maximum absolute atomic E-state index is 8.49. The predicted octanol–water partition coefficient (Wildman–Crippen LogP) is 3.83. The first kappa shape index (κ1) is 27.8. The number of ether oxygens (including phenoxy) is 1. The van der Waals surface area contributed by atoms with Gasteiger partial charge >= 0.3 is 11.5 Å². The molecule has 0 aliphatic heterocycles. The summed E-state index contributed by atoms with van der Waals surface area (Å²) in [4.78, 5) is 0. The molecule has 0 bridgehead atoms. The summed E-state index contributed by atoms with van der Waals surface area (Å²) in [7, 11) is -3.24. The van der Waals surface area contributed by atoms with Crippen LogP contribution < -0.4 is 23.4 Å². The monoisotopic (exact) mass is 560 g/mol. The van der Waals surface area contributed by atoms with E-state index < -0.39 is 10.2 Å². The van der Waals surface area contributed by atoms with Gasteiger partial charge in [-0.1, -0.05) is 42.5 Å². The van der Waals surface area contributed by atoms with Gasteiger partial charge in [0.1, 0.15) is 11.5 Å². The molecule has 8 heteroatoms. The molecule has 2 heterocycles. The zero-order valence-electron chi connectivity index (χ0n) is 22.1. The van der Waals surface area contributed by atoms with E-state index in [4.69, 9.17) is 32.2 Å². The lowest BCUT2D eigenvalue weighted by molar-refractivity contribution is -2.00. The Labute approximate surface area is 235 Å². The van der Waals surface area contributed by atoms with Crippen LogP contribution in [-0.4, -0.2) is 7.11 Å². The van der Waals surface area contributed by atoms with Gasteiger partial charge in [0.25, 0.3) is 0 Å². The lowest BCUT2D eigenvalue weighted by Crippen LogP contribution is -2.68. The Morgan fingerprint density at radius 3 is 1.90 bits per heavy atom. The fraction of sp³-hybridized carbons (Fsp3) is 0.219. The van der Waals surface area contributed by atoms with Crippen LogP contribution in [0.15, 0.2) is 81.8 Å². The highest BCUT2D eigenvalue weighted by Gasteiger charge is 2.37. The van der Waals surface area contributed by atoms with E-state index in [1.54, 1.807) is 13.4 Å². The van der Waals surface area contributed by atoms with Gasteiger partial charge < -0.3 is 9.15 Å². The molecule has 4 aromatic rings. The lowest BCUT2D eigenvalue weighted by Gasteiger charge is -2.21. The van der Waals surface area contributed by atoms with Crippen molar-refractivity contribution >= 4 is 23.3 Å². The second-order valence-electron chi connectivity index (χ2n) is 9.67. The van der Waals surface area contributed by atoms with E-state index in [-0.39, 0.29) is 0 Å². The molecule has 206 valence electrons. The number of hydrogen-bond donors (Lipinski definition) is 0. The van der Waals surface area contributed by atoms with Crippen molar-refractivity contribution in [3.63, 3.8) is 0 Å². The third kappa shape index (κ3) is 6.70. The Bertz CT molecular complexity index is 1490. The van der Waals surface area contributed by atoms with Crippen LogP contribution in [0.2, 0.25) is 0 Å². The first-order valence-electron chi connectivity index (χ1n) is 13.1. The van der Waals surface area contributed by atoms with Crippen molar-refractivity contribution in [1.82, 2.24) is 0 Å². The van der Waals surface area contributed by atoms with Crippen LogP contribution in [0.4, 0.5) is 0 Å². The summed E-state index contributed by atoms with van der Waals surface area (Å²) in [6.45, 7) is 0. The van der Waals surface area contributed by atoms with Gasteiger partial charge in [0.15, 0.2) is 0 Å². The number of hydrogen-bond acceptors (Lipinski definition) is 6. The number of rotatable bonds is 4. The summed E-state index contributed by atoms with van der Waals surface area (Å²) in [6, 6.07) is 23.0. The van der Waals surface area contributed by atoms with E-state index >= 15 is 0 Å². The van der Waals surface area contributed by atoms with Crippen molar-refractivity contribution in [1.29, 1.82) is 0 Å². The van der Waals surface area contributed by atoms with Crippen molar-refractivity contribution in [3.05, 3.63) is 107 Å². The summed E-state index contributed by atoms with van der Waals surface area (Å²) in [5, 5.41) is 0. The summed E-state index contributed by atoms with van der Waals surface area (Å²) in [6.07, 6.45) is 12.5. The van der Waals surface area contributed by atoms with Gasteiger partial charge in [-0.05, 0) is 86.1 Å². The van der Waals surface area contributed by atoms with Crippen molar-refractivity contribution < 1.29 is 42.5 Å². The molecule has 0 N–H and O–H groups in total. The minimum Gasteiger partial charge on any atom is -0.497 e. The Morgan fingerprint density at radius 1 is 0.750 bits per heavy atom. The highest BCUT2D eigenvalue weighted by Crippen LogP contribution is 2.46. The minimum absolute atomic E-state index is 0.869. The first-order valence-corrected chi connectivity index (χ1v) is 14.3. The Hall–Kier alpha value is -3.72. The van der Waals surface area contributed by atoms with E-state index in [1.807, 2.05) is 24.3 Å². The highest BCUT2D eigenvalue weighted by atomic mass is 35.7. The third-order valence-corrected chi connectivity index (χ3v) is 7.06. The van der Waals surface area contributed by atoms with Crippen molar-refractivity contribution in [2.75, 3.05) is 7.11 Å². The van der Waals surface area contributed by atoms with Gasteiger partial charge in [-0.3, -0.25) is 0 Å². The van der Waals surface area contributed by atoms with Crippen molar-refractivity contribution in [3.8, 4) is 16.9 Å². The maximum atomic E-state index is 8.49. The van der Waals surface area contributed by atoms with E-state index in [9.17, 15) is 0 Å². The Balaban J connectivity index is 0.000000595. The predicted molar refractivity (Wildman–Crippen MR) is 142 cm³/mol. The quantitative estimate of drug-likeness (QED) is 0.347. The average Bonchev–Trinajstić information content (AvgIpc) is 3.46. The number of fused-ring (bicyclic) bond motifs is 2. The van der Waals surface area contributed by atoms with Crippen LogP contribution in [0.1, 0.15) is 59.7 Å². The molecule has 0 radical (unpaired) electrons. The SMILES string of the molecule is COc1ccc(/C=C2\CCCc3c2[o+]c2c(c3-c3ccccc3)CCC/C2=C\c2ccco2)cc1.[O-][Cl+3]([O-])([O-])[O-]. The van der Waals surface area contributed by atoms with Gasteiger partial charge in [-0.25, -0.2) is 23.1 Å². The average molecular weight is 561 g/mol. The number of halogens is 1. The van der Waals surface area contributed by atoms with Crippen molar-refractivity contribution in [2.45, 2.75) is 38.5 Å². The fourth-order valence-electron chi connectivity index (χ4n) is 5.44. The molecule has 0 spiro atoms. The van der Waals surface area contributed by atoms with Crippen LogP contribution in [-0.2, 0) is 12.8 Å². The van der Waals surface area contributed by atoms with E-state index in [0.717, 1.165) is 67.1 Å². The highest BCUT2D eigenvalue weighted by molar-refractivity contribution is 5.89. The largest absolute Gasteiger partial charge is 0.497 e. The van der Waals surface area contributed by atoms with Crippen LogP contribution >= 0.6 is 0 Å². The van der Waals surface area contributed by atoms with Gasteiger partial charge in [0.05, 0.1) is 35.6 Å². The molecular formula is C32H29ClO7. The Kier molecular flexibility index (Phi) is 8.49. The molecule has 2 aliphatic carbocycles. The summed E-state index contributed by atoms with van der Waals surface area (Å²) >= 11 is 0. The smallest absolute Gasteiger partial charge is 0.360 e. The summed E-state index contributed by atoms with van der Waals surface area (Å²) in [5.41, 5.74) is 8.97. The molecule has 6 rings (SSSR count). The molecule has 0 fully saturated rings. The minimum atomic E-state index is -4.94. The molecule has 40 heavy (non-hydrogen) atoms. The molecular weight excluding hydrogens is 532 g/mol. The van der Waals surface area contributed by atoms with Crippen LogP contribution in [0, 0.1) is 10.2 Å². The standard InChI is InChI=1S/C32H29O3.ClHO4/c1-33-26-17-15-22(16-18-26)20-24-10-5-13-28-30(23-8-3-2-4-9-23)29-14-6-11-25(32(29)35-31(24)28)21-27-12-7-19-34-27;2-1(3,4)5/h2-4,7-9,12,15-21H,5-6,10-11,13-14H2,1H3;(H,2,3,4,5)/q+1;/p-1/b24-20+;. The van der Waals surface area contributed by atoms with Gasteiger partial charge in [-0.2, -0.15) is 0 Å². The molecule has 2 aromatic carbocycles. The lowest BCUT2D eigenvalue weighted by atomic mass is 9.80. The van der Waals surface area contributed by atoms with E-state index in [2.05, 4.69) is 54.6 Å². The number of allylic oxidation sites excluding steroid dienone is 2. The number of benzene rings is 2. The zero-order valence-corrected chi connectivity index (χ0v) is 22.8. The second kappa shape index (κ2) is 12.2. The van der Waals surface area contributed by atoms with Crippen molar-refractivity contribution in [2.24, 2.45) is 0 Å². The van der Waals surface area contributed by atoms with E-state index in [0.29, 0.717) is 0 Å². The first-order chi connectivity index (χ1) is 19.3. The maximum Gasteiger partial charge on any atom is 0.360 e. The van der Waals surface area contributed by atoms with Crippen LogP contribution in [0.25, 0.3) is 34.4 Å². The van der Waals surface area contributed by atoms with Gasteiger partial charge in [-0.15, -0.1) is 10.2 Å². The topological polar surface area (TPSA) is 126 Å². The second-order valence-corrected chi connectivity index (χ2v) is 10.4. The molecule has 0 atom stereocenters. The van der Waals surface area contributed by atoms with Gasteiger partial charge in [0.2, 0.25) is 0 Å². The summed E-state index contributed by atoms with van der Waals surface area (Å²) in [5.74, 6) is 3.80. The molecule has 0 saturated carbocycles. The zero-order chi connectivity index (χ0) is 28.1. The number of furan rings is 1. The molecule has 2 aliphatic rings. The molecule has 2 aromatic heterocycles. The number of methoxy groups -OCH3 is 1. The van der Waals surface area contributed by atoms with Gasteiger partial charge in [0, 0.05) is 5.56 Å². The molecule has 0 amide bonds. The molecule has 7 nitrogen and oxygen atoms in total.